The van der Waals surface area contributed by atoms with Crippen LogP contribution in [0.15, 0.2) is 314 Å². The Kier molecular flexibility index (Phi) is 11.7. The molecule has 10 aromatic rings. The van der Waals surface area contributed by atoms with Crippen LogP contribution in [0.1, 0.15) is 47.4 Å². The molecule has 368 valence electrons. The molecule has 0 fully saturated rings. The van der Waals surface area contributed by atoms with Crippen molar-refractivity contribution in [3.8, 4) is 11.1 Å². The van der Waals surface area contributed by atoms with E-state index in [-0.39, 0.29) is 5.92 Å². The lowest BCUT2D eigenvalue weighted by atomic mass is 9.68. The summed E-state index contributed by atoms with van der Waals surface area (Å²) in [6.07, 6.45) is 15.0. The standard InChI is InChI=1S/C73H56N4/c1-9-25-53(26-10-1)74(54-27-11-2-12-28-54)61-41-45-65-66-46-42-62(75(55-29-13-3-14-30-55)56-31-15-4-16-32-56)50-70(66)73(69(65)49-61)71-51-63(76(57-33-17-5-18-34-57)58-35-19-6-20-36-58)43-47-67(71)68-48-44-64(52-72(68)73)77(59-37-21-7-22-38-59)60-39-23-8-24-40-60/h1-7,9-23,25-45,47-52,66H,8,24,46H2. The van der Waals surface area contributed by atoms with E-state index in [1.54, 1.807) is 0 Å². The van der Waals surface area contributed by atoms with Crippen LogP contribution in [0, 0.1) is 0 Å². The van der Waals surface area contributed by atoms with E-state index in [9.17, 15) is 0 Å². The summed E-state index contributed by atoms with van der Waals surface area (Å²) >= 11 is 0. The van der Waals surface area contributed by atoms with Crippen molar-refractivity contribution in [2.45, 2.75) is 30.6 Å². The third-order valence-corrected chi connectivity index (χ3v) is 16.0. The number of hydrogen-bond acceptors (Lipinski definition) is 4. The summed E-state index contributed by atoms with van der Waals surface area (Å²) in [4.78, 5) is 9.77. The molecule has 0 saturated carbocycles. The first-order valence-electron chi connectivity index (χ1n) is 27.0. The molecule has 0 heterocycles. The average molecular weight is 989 g/mol. The van der Waals surface area contributed by atoms with E-state index in [4.69, 9.17) is 0 Å². The normalized spacial score (nSPS) is 16.5. The summed E-state index contributed by atoms with van der Waals surface area (Å²) in [5.74, 6) is 0.0952. The number of allylic oxidation sites excluding steroid dienone is 6. The van der Waals surface area contributed by atoms with Crippen molar-refractivity contribution in [3.63, 3.8) is 0 Å². The number of benzene rings is 10. The van der Waals surface area contributed by atoms with Crippen LogP contribution in [0.2, 0.25) is 0 Å². The highest BCUT2D eigenvalue weighted by Gasteiger charge is 2.56. The van der Waals surface area contributed by atoms with E-state index in [1.807, 2.05) is 0 Å². The number of nitrogens with zero attached hydrogens (tertiary/aromatic N) is 4. The van der Waals surface area contributed by atoms with Crippen molar-refractivity contribution in [1.29, 1.82) is 0 Å². The molecule has 1 spiro atoms. The lowest BCUT2D eigenvalue weighted by molar-refractivity contribution is 0.701. The Morgan fingerprint density at radius 1 is 0.312 bits per heavy atom. The van der Waals surface area contributed by atoms with Gasteiger partial charge in [-0.15, -0.1) is 0 Å². The van der Waals surface area contributed by atoms with Gasteiger partial charge in [0.2, 0.25) is 0 Å². The van der Waals surface area contributed by atoms with Gasteiger partial charge in [-0.05, 0) is 192 Å². The van der Waals surface area contributed by atoms with Crippen molar-refractivity contribution in [1.82, 2.24) is 0 Å². The first kappa shape index (κ1) is 45.9. The number of hydrogen-bond donors (Lipinski definition) is 0. The molecule has 0 aromatic heterocycles. The summed E-state index contributed by atoms with van der Waals surface area (Å²) < 4.78 is 0. The van der Waals surface area contributed by atoms with Gasteiger partial charge >= 0.3 is 0 Å². The van der Waals surface area contributed by atoms with E-state index in [2.05, 4.69) is 317 Å². The second-order valence-electron chi connectivity index (χ2n) is 20.3. The van der Waals surface area contributed by atoms with Crippen LogP contribution < -0.4 is 19.6 Å². The van der Waals surface area contributed by atoms with E-state index >= 15 is 0 Å². The number of anilines is 10. The zero-order valence-corrected chi connectivity index (χ0v) is 42.8. The molecule has 2 unspecified atom stereocenters. The molecule has 0 radical (unpaired) electrons. The molecule has 0 aliphatic heterocycles. The average Bonchev–Trinajstić information content (AvgIpc) is 4.12. The fourth-order valence-corrected chi connectivity index (χ4v) is 12.7. The Bertz CT molecular complexity index is 3770. The first-order valence-corrected chi connectivity index (χ1v) is 27.0. The largest absolute Gasteiger partial charge is 0.311 e. The Hall–Kier alpha value is -9.64. The molecule has 4 aliphatic carbocycles. The van der Waals surface area contributed by atoms with Crippen LogP contribution in [-0.4, -0.2) is 0 Å². The maximum atomic E-state index is 2.58. The molecule has 10 aromatic carbocycles. The summed E-state index contributed by atoms with van der Waals surface area (Å²) in [7, 11) is 0. The molecule has 0 amide bonds. The van der Waals surface area contributed by atoms with Crippen LogP contribution in [-0.2, 0) is 5.41 Å². The minimum absolute atomic E-state index is 0.0952. The Labute approximate surface area is 452 Å². The maximum absolute atomic E-state index is 2.58. The van der Waals surface area contributed by atoms with Gasteiger partial charge in [-0.2, -0.15) is 0 Å². The van der Waals surface area contributed by atoms with Gasteiger partial charge in [0.05, 0.1) is 5.41 Å². The molecule has 14 rings (SSSR count). The minimum Gasteiger partial charge on any atom is -0.311 e. The molecule has 4 aliphatic rings. The van der Waals surface area contributed by atoms with Gasteiger partial charge in [-0.1, -0.05) is 164 Å². The van der Waals surface area contributed by atoms with E-state index < -0.39 is 5.41 Å². The lowest BCUT2D eigenvalue weighted by Gasteiger charge is -2.37. The Morgan fingerprint density at radius 2 is 0.675 bits per heavy atom. The fraction of sp³-hybridized carbons (Fsp3) is 0.0685. The smallest absolute Gasteiger partial charge is 0.0688 e. The third-order valence-electron chi connectivity index (χ3n) is 16.0. The minimum atomic E-state index is -0.734. The van der Waals surface area contributed by atoms with Crippen molar-refractivity contribution in [2.75, 3.05) is 19.6 Å². The van der Waals surface area contributed by atoms with Crippen LogP contribution in [0.5, 0.6) is 0 Å². The van der Waals surface area contributed by atoms with Gasteiger partial charge < -0.3 is 19.6 Å². The Balaban J connectivity index is 1.08. The lowest BCUT2D eigenvalue weighted by Crippen LogP contribution is -2.30. The topological polar surface area (TPSA) is 13.0 Å². The predicted octanol–water partition coefficient (Wildman–Crippen LogP) is 19.5. The number of rotatable bonds is 12. The van der Waals surface area contributed by atoms with Gasteiger partial charge in [0.15, 0.2) is 0 Å². The summed E-state index contributed by atoms with van der Waals surface area (Å²) in [5.41, 5.74) is 21.9. The molecule has 2 atom stereocenters. The summed E-state index contributed by atoms with van der Waals surface area (Å²) in [6.45, 7) is 0. The fourth-order valence-electron chi connectivity index (χ4n) is 12.7. The monoisotopic (exact) mass is 988 g/mol. The molecule has 4 heteroatoms. The zero-order valence-electron chi connectivity index (χ0n) is 42.8. The quantitative estimate of drug-likeness (QED) is 0.121. The molecular formula is C73H56N4. The summed E-state index contributed by atoms with van der Waals surface area (Å²) in [6, 6.07) is 98.0. The SMILES string of the molecule is C1=CC(N(c2ccccc2)c2ccc3c(c2)C2(C4=CC(N(c5ccccc5)c5ccccc5)=CCC4c4ccc(N(c5ccccc5)c5ccccc5)cc42)c2cc(N(c4ccccc4)c4ccccc4)ccc2-3)=CCC1. The van der Waals surface area contributed by atoms with Crippen molar-refractivity contribution < 1.29 is 0 Å². The van der Waals surface area contributed by atoms with Gasteiger partial charge in [0.1, 0.15) is 0 Å². The molecular weight excluding hydrogens is 933 g/mol. The van der Waals surface area contributed by atoms with E-state index in [1.165, 1.54) is 44.7 Å². The second kappa shape index (κ2) is 19.6. The molecule has 0 bridgehead atoms. The highest BCUT2D eigenvalue weighted by atomic mass is 15.2. The predicted molar refractivity (Wildman–Crippen MR) is 321 cm³/mol. The van der Waals surface area contributed by atoms with Crippen LogP contribution in [0.25, 0.3) is 11.1 Å². The van der Waals surface area contributed by atoms with E-state index in [0.717, 1.165) is 81.8 Å². The number of fused-ring (bicyclic) bond motifs is 10. The van der Waals surface area contributed by atoms with Crippen molar-refractivity contribution in [2.24, 2.45) is 0 Å². The second-order valence-corrected chi connectivity index (χ2v) is 20.3. The summed E-state index contributed by atoms with van der Waals surface area (Å²) in [5, 5.41) is 0. The molecule has 0 saturated heterocycles. The van der Waals surface area contributed by atoms with E-state index in [0.29, 0.717) is 0 Å². The molecule has 0 N–H and O–H groups in total. The van der Waals surface area contributed by atoms with Crippen LogP contribution in [0.3, 0.4) is 0 Å². The van der Waals surface area contributed by atoms with Crippen LogP contribution in [0.4, 0.5) is 56.9 Å². The van der Waals surface area contributed by atoms with Crippen molar-refractivity contribution >= 4 is 56.9 Å². The van der Waals surface area contributed by atoms with Crippen molar-refractivity contribution in [3.05, 3.63) is 337 Å². The van der Waals surface area contributed by atoms with Gasteiger partial charge in [-0.25, -0.2) is 0 Å². The zero-order chi connectivity index (χ0) is 51.1. The molecule has 4 nitrogen and oxygen atoms in total. The first-order chi connectivity index (χ1) is 38.2. The highest BCUT2D eigenvalue weighted by molar-refractivity contribution is 5.94. The van der Waals surface area contributed by atoms with Gasteiger partial charge in [0, 0.05) is 74.2 Å². The maximum Gasteiger partial charge on any atom is 0.0688 e. The Morgan fingerprint density at radius 3 is 1.08 bits per heavy atom. The van der Waals surface area contributed by atoms with Crippen LogP contribution >= 0.6 is 0 Å². The molecule has 77 heavy (non-hydrogen) atoms. The van der Waals surface area contributed by atoms with Gasteiger partial charge in [0.25, 0.3) is 0 Å². The highest BCUT2D eigenvalue weighted by Crippen LogP contribution is 2.67. The third kappa shape index (κ3) is 7.91. The number of para-hydroxylation sites is 7. The van der Waals surface area contributed by atoms with Gasteiger partial charge in [-0.3, -0.25) is 0 Å².